The van der Waals surface area contributed by atoms with Gasteiger partial charge < -0.3 is 24.8 Å². The van der Waals surface area contributed by atoms with Crippen molar-refractivity contribution in [2.24, 2.45) is 0 Å². The quantitative estimate of drug-likeness (QED) is 0.520. The molecule has 0 bridgehead atoms. The molecule has 2 aromatic rings. The third-order valence-corrected chi connectivity index (χ3v) is 5.40. The van der Waals surface area contributed by atoms with E-state index in [1.54, 1.807) is 33.1 Å². The number of carbonyl (C=O) groups excluding carboxylic acids is 1. The lowest BCUT2D eigenvalue weighted by molar-refractivity contribution is 0.0712. The number of aryl methyl sites for hydroxylation is 1. The molecule has 0 saturated heterocycles. The van der Waals surface area contributed by atoms with Crippen molar-refractivity contribution >= 4 is 11.9 Å². The summed E-state index contributed by atoms with van der Waals surface area (Å²) in [5, 5.41) is 30.8. The molecule has 0 fully saturated rings. The number of hydrogen-bond donors (Lipinski definition) is 3. The Morgan fingerprint density at radius 1 is 1.28 bits per heavy atom. The number of methoxy groups -OCH3 is 1. The highest BCUT2D eigenvalue weighted by Crippen LogP contribution is 2.46. The molecule has 0 radical (unpaired) electrons. The fourth-order valence-electron chi connectivity index (χ4n) is 3.70. The molecule has 32 heavy (non-hydrogen) atoms. The van der Waals surface area contributed by atoms with Crippen molar-refractivity contribution in [3.63, 3.8) is 0 Å². The summed E-state index contributed by atoms with van der Waals surface area (Å²) in [7, 11) is 1.59. The maximum absolute atomic E-state index is 12.9. The lowest BCUT2D eigenvalue weighted by Gasteiger charge is -2.28. The minimum atomic E-state index is -0.823. The first kappa shape index (κ1) is 23.4. The van der Waals surface area contributed by atoms with Crippen molar-refractivity contribution < 1.29 is 29.6 Å². The molecule has 0 amide bonds. The highest BCUT2D eigenvalue weighted by molar-refractivity contribution is 6.04. The first-order chi connectivity index (χ1) is 15.0. The van der Waals surface area contributed by atoms with Crippen LogP contribution in [0.3, 0.4) is 0 Å². The third-order valence-electron chi connectivity index (χ3n) is 5.40. The first-order valence-electron chi connectivity index (χ1n) is 10.5. The average molecular weight is 439 g/mol. The Kier molecular flexibility index (Phi) is 6.65. The van der Waals surface area contributed by atoms with Crippen molar-refractivity contribution in [3.05, 3.63) is 64.7 Å². The number of phenols is 2. The van der Waals surface area contributed by atoms with Crippen molar-refractivity contribution in [2.75, 3.05) is 7.11 Å². The lowest BCUT2D eigenvalue weighted by atomic mass is 9.91. The first-order valence-corrected chi connectivity index (χ1v) is 10.5. The van der Waals surface area contributed by atoms with Crippen LogP contribution < -0.4 is 9.47 Å². The molecular formula is C26H30O6. The number of aliphatic hydroxyl groups is 1. The predicted octanol–water partition coefficient (Wildman–Crippen LogP) is 5.11. The lowest BCUT2D eigenvalue weighted by Crippen LogP contribution is -2.22. The van der Waals surface area contributed by atoms with Crippen LogP contribution in [0.5, 0.6) is 23.0 Å². The van der Waals surface area contributed by atoms with Crippen LogP contribution in [0.1, 0.15) is 66.8 Å². The van der Waals surface area contributed by atoms with Crippen molar-refractivity contribution in [2.45, 2.75) is 51.7 Å². The zero-order valence-electron chi connectivity index (χ0n) is 18.9. The SMILES string of the molecule is C=C(C)C=Cc1c(O)cc(O)c2c1OC(c1ccc(OC)c(CCC(C)(C)O)c1)CC2=O. The zero-order valence-corrected chi connectivity index (χ0v) is 18.9. The Morgan fingerprint density at radius 3 is 2.62 bits per heavy atom. The van der Waals surface area contributed by atoms with Gasteiger partial charge in [0.1, 0.15) is 34.7 Å². The van der Waals surface area contributed by atoms with Crippen LogP contribution in [0.4, 0.5) is 0 Å². The van der Waals surface area contributed by atoms with Crippen molar-refractivity contribution in [3.8, 4) is 23.0 Å². The van der Waals surface area contributed by atoms with E-state index in [1.165, 1.54) is 0 Å². The van der Waals surface area contributed by atoms with Gasteiger partial charge >= 0.3 is 0 Å². The highest BCUT2D eigenvalue weighted by atomic mass is 16.5. The van der Waals surface area contributed by atoms with Gasteiger partial charge in [0.15, 0.2) is 5.78 Å². The maximum atomic E-state index is 12.9. The van der Waals surface area contributed by atoms with E-state index in [-0.39, 0.29) is 35.0 Å². The summed E-state index contributed by atoms with van der Waals surface area (Å²) in [6.45, 7) is 9.12. The van der Waals surface area contributed by atoms with Crippen LogP contribution in [-0.2, 0) is 6.42 Å². The Morgan fingerprint density at radius 2 is 2.00 bits per heavy atom. The topological polar surface area (TPSA) is 96.2 Å². The van der Waals surface area contributed by atoms with Gasteiger partial charge in [-0.05, 0) is 62.9 Å². The number of ketones is 1. The van der Waals surface area contributed by atoms with Gasteiger partial charge in [0, 0.05) is 6.07 Å². The molecule has 0 saturated carbocycles. The number of ether oxygens (including phenoxy) is 2. The molecule has 6 heteroatoms. The monoisotopic (exact) mass is 438 g/mol. The summed E-state index contributed by atoms with van der Waals surface area (Å²) >= 11 is 0. The van der Waals surface area contributed by atoms with E-state index in [4.69, 9.17) is 9.47 Å². The number of phenolic OH excluding ortho intramolecular Hbond substituents is 2. The molecule has 0 aliphatic carbocycles. The van der Waals surface area contributed by atoms with Crippen LogP contribution >= 0.6 is 0 Å². The van der Waals surface area contributed by atoms with E-state index in [0.29, 0.717) is 24.2 Å². The van der Waals surface area contributed by atoms with E-state index in [0.717, 1.165) is 22.8 Å². The molecule has 2 aromatic carbocycles. The third kappa shape index (κ3) is 5.14. The summed E-state index contributed by atoms with van der Waals surface area (Å²) in [6.07, 6.45) is 3.90. The number of aromatic hydroxyl groups is 2. The van der Waals surface area contributed by atoms with Crippen LogP contribution in [0, 0.1) is 0 Å². The van der Waals surface area contributed by atoms with Gasteiger partial charge in [-0.3, -0.25) is 4.79 Å². The summed E-state index contributed by atoms with van der Waals surface area (Å²) in [4.78, 5) is 12.9. The van der Waals surface area contributed by atoms with E-state index >= 15 is 0 Å². The average Bonchev–Trinajstić information content (AvgIpc) is 2.70. The summed E-state index contributed by atoms with van der Waals surface area (Å²) in [5.41, 5.74) is 1.99. The van der Waals surface area contributed by atoms with Crippen LogP contribution in [0.2, 0.25) is 0 Å². The molecular weight excluding hydrogens is 408 g/mol. The minimum Gasteiger partial charge on any atom is -0.507 e. The van der Waals surface area contributed by atoms with Crippen molar-refractivity contribution in [1.82, 2.24) is 0 Å². The van der Waals surface area contributed by atoms with Gasteiger partial charge in [-0.2, -0.15) is 0 Å². The molecule has 1 heterocycles. The zero-order chi connectivity index (χ0) is 23.6. The molecule has 6 nitrogen and oxygen atoms in total. The Labute approximate surface area is 188 Å². The second kappa shape index (κ2) is 9.09. The maximum Gasteiger partial charge on any atom is 0.174 e. The Hall–Kier alpha value is -3.25. The molecule has 1 aliphatic heterocycles. The molecule has 3 N–H and O–H groups in total. The largest absolute Gasteiger partial charge is 0.507 e. The molecule has 3 rings (SSSR count). The van der Waals surface area contributed by atoms with E-state index in [1.807, 2.05) is 25.1 Å². The molecule has 0 spiro atoms. The van der Waals surface area contributed by atoms with Crippen LogP contribution in [0.25, 0.3) is 6.08 Å². The Balaban J connectivity index is 2.02. The highest BCUT2D eigenvalue weighted by Gasteiger charge is 2.33. The molecule has 1 aliphatic rings. The number of Topliss-reactive ketones (excluding diaryl/α,β-unsaturated/α-hetero) is 1. The Bertz CT molecular complexity index is 1070. The number of fused-ring (bicyclic) bond motifs is 1. The standard InChI is InChI=1S/C26H30O6/c1-15(2)6-8-18-19(27)13-20(28)24-21(29)14-23(32-25(18)24)16-7-9-22(31-5)17(12-16)10-11-26(3,4)30/h6-9,12-13,23,27-28,30H,1,10-11,14H2,2-5H3. The minimum absolute atomic E-state index is 0.0479. The van der Waals surface area contributed by atoms with E-state index in [2.05, 4.69) is 6.58 Å². The second-order valence-corrected chi connectivity index (χ2v) is 8.83. The second-order valence-electron chi connectivity index (χ2n) is 8.83. The van der Waals surface area contributed by atoms with Gasteiger partial charge in [-0.25, -0.2) is 0 Å². The van der Waals surface area contributed by atoms with Crippen molar-refractivity contribution in [1.29, 1.82) is 0 Å². The predicted molar refractivity (Wildman–Crippen MR) is 124 cm³/mol. The van der Waals surface area contributed by atoms with Crippen LogP contribution in [0.15, 0.2) is 42.5 Å². The normalized spacial score (nSPS) is 16.0. The molecule has 1 unspecified atom stereocenters. The van der Waals surface area contributed by atoms with Gasteiger partial charge in [0.05, 0.1) is 24.7 Å². The van der Waals surface area contributed by atoms with E-state index < -0.39 is 11.7 Å². The van der Waals surface area contributed by atoms with E-state index in [9.17, 15) is 20.1 Å². The summed E-state index contributed by atoms with van der Waals surface area (Å²) < 4.78 is 11.6. The molecule has 0 aromatic heterocycles. The number of allylic oxidation sites excluding steroid dienone is 2. The number of benzene rings is 2. The van der Waals surface area contributed by atoms with Gasteiger partial charge in [-0.1, -0.05) is 24.3 Å². The smallest absolute Gasteiger partial charge is 0.174 e. The van der Waals surface area contributed by atoms with Crippen LogP contribution in [-0.4, -0.2) is 33.8 Å². The summed E-state index contributed by atoms with van der Waals surface area (Å²) in [5.74, 6) is 0.0745. The van der Waals surface area contributed by atoms with Gasteiger partial charge in [0.2, 0.25) is 0 Å². The molecule has 1 atom stereocenters. The fourth-order valence-corrected chi connectivity index (χ4v) is 3.70. The number of rotatable bonds is 7. The van der Waals surface area contributed by atoms with Gasteiger partial charge in [-0.15, -0.1) is 0 Å². The number of carbonyl (C=O) groups is 1. The number of hydrogen-bond acceptors (Lipinski definition) is 6. The fraction of sp³-hybridized carbons (Fsp3) is 0.346. The summed E-state index contributed by atoms with van der Waals surface area (Å²) in [6, 6.07) is 6.72. The van der Waals surface area contributed by atoms with Gasteiger partial charge in [0.25, 0.3) is 0 Å². The molecule has 170 valence electrons.